The lowest BCUT2D eigenvalue weighted by Crippen LogP contribution is -1.93. The van der Waals surface area contributed by atoms with Gasteiger partial charge in [-0.05, 0) is 42.8 Å². The van der Waals surface area contributed by atoms with Crippen LogP contribution in [0, 0.1) is 6.92 Å². The van der Waals surface area contributed by atoms with Gasteiger partial charge < -0.3 is 10.1 Å². The molecular weight excluding hydrogens is 336 g/mol. The lowest BCUT2D eigenvalue weighted by Gasteiger charge is -2.09. The van der Waals surface area contributed by atoms with E-state index in [1.807, 2.05) is 18.2 Å². The fourth-order valence-electron chi connectivity index (χ4n) is 1.98. The molecule has 1 aromatic heterocycles. The minimum absolute atomic E-state index is 0.795. The molecule has 3 aromatic rings. The number of hydrogen-bond acceptors (Lipinski definition) is 4. The summed E-state index contributed by atoms with van der Waals surface area (Å²) in [7, 11) is 1.66. The van der Waals surface area contributed by atoms with Crippen LogP contribution in [-0.4, -0.2) is 12.1 Å². The van der Waals surface area contributed by atoms with Crippen molar-refractivity contribution in [1.82, 2.24) is 4.98 Å². The van der Waals surface area contributed by atoms with Crippen LogP contribution in [0.4, 0.5) is 10.8 Å². The van der Waals surface area contributed by atoms with E-state index in [1.165, 1.54) is 10.3 Å². The van der Waals surface area contributed by atoms with Crippen LogP contribution in [0.15, 0.2) is 40.9 Å². The molecule has 0 saturated carbocycles. The first kappa shape index (κ1) is 13.4. The van der Waals surface area contributed by atoms with Gasteiger partial charge in [-0.3, -0.25) is 0 Å². The molecule has 0 spiro atoms. The van der Waals surface area contributed by atoms with E-state index in [0.29, 0.717) is 0 Å². The molecule has 0 aliphatic rings. The summed E-state index contributed by atoms with van der Waals surface area (Å²) < 4.78 is 7.53. The largest absolute Gasteiger partial charge is 0.495 e. The monoisotopic (exact) mass is 348 g/mol. The smallest absolute Gasteiger partial charge is 0.188 e. The van der Waals surface area contributed by atoms with Crippen molar-refractivity contribution in [2.45, 2.75) is 6.92 Å². The second kappa shape index (κ2) is 5.42. The van der Waals surface area contributed by atoms with E-state index in [9.17, 15) is 0 Å². The van der Waals surface area contributed by atoms with Crippen LogP contribution in [0.2, 0.25) is 0 Å². The summed E-state index contributed by atoms with van der Waals surface area (Å²) in [6.45, 7) is 2.07. The fraction of sp³-hybridized carbons (Fsp3) is 0.133. The van der Waals surface area contributed by atoms with Gasteiger partial charge in [0.25, 0.3) is 0 Å². The van der Waals surface area contributed by atoms with E-state index in [2.05, 4.69) is 51.4 Å². The number of rotatable bonds is 3. The number of fused-ring (bicyclic) bond motifs is 1. The zero-order valence-electron chi connectivity index (χ0n) is 11.1. The number of ether oxygens (including phenoxy) is 1. The molecule has 1 N–H and O–H groups in total. The van der Waals surface area contributed by atoms with Crippen LogP contribution < -0.4 is 10.1 Å². The van der Waals surface area contributed by atoms with E-state index in [-0.39, 0.29) is 0 Å². The topological polar surface area (TPSA) is 34.1 Å². The third-order valence-corrected chi connectivity index (χ3v) is 4.39. The molecule has 0 radical (unpaired) electrons. The van der Waals surface area contributed by atoms with Crippen LogP contribution in [0.5, 0.6) is 5.75 Å². The Bertz CT molecular complexity index is 770. The third-order valence-electron chi connectivity index (χ3n) is 2.95. The Hall–Kier alpha value is -1.59. The quantitative estimate of drug-likeness (QED) is 0.713. The lowest BCUT2D eigenvalue weighted by molar-refractivity contribution is 0.417. The van der Waals surface area contributed by atoms with Crippen molar-refractivity contribution in [3.8, 4) is 5.75 Å². The molecule has 2 aromatic carbocycles. The van der Waals surface area contributed by atoms with E-state index in [1.54, 1.807) is 18.4 Å². The first-order valence-corrected chi connectivity index (χ1v) is 7.74. The third kappa shape index (κ3) is 2.64. The van der Waals surface area contributed by atoms with Crippen molar-refractivity contribution in [2.75, 3.05) is 12.4 Å². The summed E-state index contributed by atoms with van der Waals surface area (Å²) >= 11 is 5.10. The fourth-order valence-corrected chi connectivity index (χ4v) is 3.20. The maximum Gasteiger partial charge on any atom is 0.188 e. The van der Waals surface area contributed by atoms with Gasteiger partial charge in [0.05, 0.1) is 23.0 Å². The van der Waals surface area contributed by atoms with Crippen molar-refractivity contribution in [2.24, 2.45) is 0 Å². The highest BCUT2D eigenvalue weighted by molar-refractivity contribution is 9.10. The zero-order chi connectivity index (χ0) is 14.1. The maximum absolute atomic E-state index is 5.36. The van der Waals surface area contributed by atoms with Crippen LogP contribution in [-0.2, 0) is 0 Å². The average Bonchev–Trinajstić information content (AvgIpc) is 2.80. The number of halogens is 1. The highest BCUT2D eigenvalue weighted by Crippen LogP contribution is 2.34. The van der Waals surface area contributed by atoms with Gasteiger partial charge in [0.15, 0.2) is 5.13 Å². The number of aryl methyl sites for hydroxylation is 1. The molecule has 20 heavy (non-hydrogen) atoms. The Morgan fingerprint density at radius 1 is 1.20 bits per heavy atom. The normalized spacial score (nSPS) is 10.8. The minimum Gasteiger partial charge on any atom is -0.495 e. The Kier molecular flexibility index (Phi) is 3.63. The molecule has 5 heteroatoms. The second-order valence-corrected chi connectivity index (χ2v) is 6.41. The number of methoxy groups -OCH3 is 1. The average molecular weight is 349 g/mol. The first-order valence-electron chi connectivity index (χ1n) is 6.13. The molecule has 3 rings (SSSR count). The lowest BCUT2D eigenvalue weighted by atomic mass is 10.2. The standard InChI is InChI=1S/C15H13BrN2OS/c1-9-3-6-14-12(7-9)18-15(20-14)17-11-8-10(16)4-5-13(11)19-2/h3-8H,1-2H3,(H,17,18). The summed E-state index contributed by atoms with van der Waals surface area (Å²) in [5.74, 6) is 0.795. The summed E-state index contributed by atoms with van der Waals surface area (Å²) in [5, 5.41) is 4.19. The molecule has 102 valence electrons. The summed E-state index contributed by atoms with van der Waals surface area (Å²) in [4.78, 5) is 4.61. The molecule has 0 amide bonds. The molecule has 0 unspecified atom stereocenters. The van der Waals surface area contributed by atoms with E-state index < -0.39 is 0 Å². The molecule has 3 nitrogen and oxygen atoms in total. The Morgan fingerprint density at radius 3 is 2.85 bits per heavy atom. The van der Waals surface area contributed by atoms with Gasteiger partial charge in [0.1, 0.15) is 5.75 Å². The summed E-state index contributed by atoms with van der Waals surface area (Å²) in [6, 6.07) is 12.1. The molecule has 0 fully saturated rings. The second-order valence-electron chi connectivity index (χ2n) is 4.46. The summed E-state index contributed by atoms with van der Waals surface area (Å²) in [6.07, 6.45) is 0. The number of hydrogen-bond donors (Lipinski definition) is 1. The van der Waals surface area contributed by atoms with Crippen molar-refractivity contribution in [3.63, 3.8) is 0 Å². The number of anilines is 2. The van der Waals surface area contributed by atoms with Gasteiger partial charge >= 0.3 is 0 Å². The molecule has 0 aliphatic carbocycles. The van der Waals surface area contributed by atoms with E-state index in [0.717, 1.165) is 26.6 Å². The van der Waals surface area contributed by atoms with Crippen molar-refractivity contribution >= 4 is 48.3 Å². The van der Waals surface area contributed by atoms with Crippen LogP contribution in [0.3, 0.4) is 0 Å². The highest BCUT2D eigenvalue weighted by atomic mass is 79.9. The predicted molar refractivity (Wildman–Crippen MR) is 88.3 cm³/mol. The first-order chi connectivity index (χ1) is 9.65. The molecule has 0 saturated heterocycles. The number of nitrogens with zero attached hydrogens (tertiary/aromatic N) is 1. The highest BCUT2D eigenvalue weighted by Gasteiger charge is 2.08. The number of thiazole rings is 1. The van der Waals surface area contributed by atoms with E-state index >= 15 is 0 Å². The molecule has 1 heterocycles. The number of benzene rings is 2. The van der Waals surface area contributed by atoms with Crippen LogP contribution >= 0.6 is 27.3 Å². The van der Waals surface area contributed by atoms with Gasteiger partial charge in [0, 0.05) is 4.47 Å². The van der Waals surface area contributed by atoms with Crippen LogP contribution in [0.1, 0.15) is 5.56 Å². The molecule has 0 aliphatic heterocycles. The van der Waals surface area contributed by atoms with Crippen LogP contribution in [0.25, 0.3) is 10.2 Å². The Morgan fingerprint density at radius 2 is 2.05 bits per heavy atom. The molecule has 0 atom stereocenters. The number of nitrogens with one attached hydrogen (secondary N) is 1. The van der Waals surface area contributed by atoms with E-state index in [4.69, 9.17) is 4.74 Å². The maximum atomic E-state index is 5.36. The molecule has 0 bridgehead atoms. The number of aromatic nitrogens is 1. The van der Waals surface area contributed by atoms with Gasteiger partial charge in [0.2, 0.25) is 0 Å². The van der Waals surface area contributed by atoms with Crippen molar-refractivity contribution in [3.05, 3.63) is 46.4 Å². The van der Waals surface area contributed by atoms with Gasteiger partial charge in [-0.1, -0.05) is 33.3 Å². The van der Waals surface area contributed by atoms with Crippen molar-refractivity contribution < 1.29 is 4.74 Å². The van der Waals surface area contributed by atoms with Gasteiger partial charge in [-0.25, -0.2) is 4.98 Å². The predicted octanol–water partition coefficient (Wildman–Crippen LogP) is 5.12. The van der Waals surface area contributed by atoms with Crippen molar-refractivity contribution in [1.29, 1.82) is 0 Å². The molecular formula is C15H13BrN2OS. The van der Waals surface area contributed by atoms with Gasteiger partial charge in [-0.2, -0.15) is 0 Å². The Balaban J connectivity index is 1.98. The SMILES string of the molecule is COc1ccc(Br)cc1Nc1nc2cc(C)ccc2s1. The van der Waals surface area contributed by atoms with Gasteiger partial charge in [-0.15, -0.1) is 0 Å². The zero-order valence-corrected chi connectivity index (χ0v) is 13.5. The Labute approximate surface area is 129 Å². The summed E-state index contributed by atoms with van der Waals surface area (Å²) in [5.41, 5.74) is 3.14. The minimum atomic E-state index is 0.795.